The average molecular weight is 342 g/mol. The van der Waals surface area contributed by atoms with Gasteiger partial charge in [-0.05, 0) is 24.0 Å². The highest BCUT2D eigenvalue weighted by Gasteiger charge is 2.32. The third-order valence-electron chi connectivity index (χ3n) is 4.27. The van der Waals surface area contributed by atoms with Gasteiger partial charge in [0.25, 0.3) is 0 Å². The molecule has 0 aliphatic carbocycles. The topological polar surface area (TPSA) is 66.7 Å². The van der Waals surface area contributed by atoms with Crippen LogP contribution in [0.1, 0.15) is 39.3 Å². The monoisotopic (exact) mass is 342 g/mol. The highest BCUT2D eigenvalue weighted by atomic mass is 16.2. The summed E-state index contributed by atoms with van der Waals surface area (Å²) in [5, 5.41) is 2.99. The maximum Gasteiger partial charge on any atom is 0.224 e. The number of aryl methyl sites for hydroxylation is 1. The molecule has 2 amide bonds. The van der Waals surface area contributed by atoms with Gasteiger partial charge in [-0.2, -0.15) is 0 Å². The van der Waals surface area contributed by atoms with Gasteiger partial charge in [-0.1, -0.05) is 26.8 Å². The summed E-state index contributed by atoms with van der Waals surface area (Å²) < 4.78 is 1.95. The van der Waals surface area contributed by atoms with E-state index in [0.717, 1.165) is 17.9 Å². The summed E-state index contributed by atoms with van der Waals surface area (Å²) in [6.45, 7) is 7.67. The molecule has 0 bridgehead atoms. The number of imidazole rings is 1. The van der Waals surface area contributed by atoms with Gasteiger partial charge in [0, 0.05) is 38.3 Å². The SMILES string of the molecule is CC(C)(C)CN1C[C@@H](NC(=O)CCc2cn3ccccc3n2)CC1=O. The van der Waals surface area contributed by atoms with Crippen LogP contribution in [0.5, 0.6) is 0 Å². The summed E-state index contributed by atoms with van der Waals surface area (Å²) in [6, 6.07) is 5.76. The first-order chi connectivity index (χ1) is 11.8. The van der Waals surface area contributed by atoms with Crippen LogP contribution in [-0.4, -0.2) is 45.2 Å². The summed E-state index contributed by atoms with van der Waals surface area (Å²) in [5.74, 6) is 0.105. The fourth-order valence-electron chi connectivity index (χ4n) is 3.24. The van der Waals surface area contributed by atoms with Crippen molar-refractivity contribution in [1.29, 1.82) is 0 Å². The van der Waals surface area contributed by atoms with Crippen molar-refractivity contribution in [3.8, 4) is 0 Å². The van der Waals surface area contributed by atoms with Gasteiger partial charge in [-0.15, -0.1) is 0 Å². The summed E-state index contributed by atoms with van der Waals surface area (Å²) in [7, 11) is 0. The summed E-state index contributed by atoms with van der Waals surface area (Å²) in [5.41, 5.74) is 1.85. The fraction of sp³-hybridized carbons (Fsp3) is 0.526. The Morgan fingerprint density at radius 1 is 1.36 bits per heavy atom. The molecule has 2 aromatic heterocycles. The highest BCUT2D eigenvalue weighted by Crippen LogP contribution is 2.20. The van der Waals surface area contributed by atoms with E-state index in [1.165, 1.54) is 0 Å². The lowest BCUT2D eigenvalue weighted by atomic mass is 9.96. The van der Waals surface area contributed by atoms with Gasteiger partial charge in [0.1, 0.15) is 5.65 Å². The molecule has 0 aromatic carbocycles. The number of fused-ring (bicyclic) bond motifs is 1. The van der Waals surface area contributed by atoms with Crippen molar-refractivity contribution >= 4 is 17.5 Å². The second kappa shape index (κ2) is 6.86. The standard InChI is InChI=1S/C19H26N4O2/c1-19(2,3)13-23-12-15(10-18(23)25)21-17(24)8-7-14-11-22-9-5-4-6-16(22)20-14/h4-6,9,11,15H,7-8,10,12-13H2,1-3H3,(H,21,24)/t15-/m0/s1. The van der Waals surface area contributed by atoms with Crippen molar-refractivity contribution in [3.05, 3.63) is 36.3 Å². The quantitative estimate of drug-likeness (QED) is 0.904. The number of nitrogens with one attached hydrogen (secondary N) is 1. The van der Waals surface area contributed by atoms with E-state index in [9.17, 15) is 9.59 Å². The number of hydrogen-bond donors (Lipinski definition) is 1. The van der Waals surface area contributed by atoms with E-state index in [0.29, 0.717) is 25.8 Å². The van der Waals surface area contributed by atoms with Gasteiger partial charge < -0.3 is 14.6 Å². The molecule has 1 fully saturated rings. The maximum atomic E-state index is 12.2. The van der Waals surface area contributed by atoms with Crippen molar-refractivity contribution in [2.75, 3.05) is 13.1 Å². The van der Waals surface area contributed by atoms with Gasteiger partial charge in [0.05, 0.1) is 11.7 Å². The minimum absolute atomic E-state index is 0.0209. The molecule has 3 rings (SSSR count). The predicted molar refractivity (Wildman–Crippen MR) is 96.1 cm³/mol. The van der Waals surface area contributed by atoms with Crippen LogP contribution in [0.4, 0.5) is 0 Å². The normalized spacial score (nSPS) is 18.1. The Hall–Kier alpha value is -2.37. The molecule has 1 aliphatic heterocycles. The minimum Gasteiger partial charge on any atom is -0.351 e. The van der Waals surface area contributed by atoms with Crippen LogP contribution in [0, 0.1) is 5.41 Å². The van der Waals surface area contributed by atoms with Gasteiger partial charge in [0.2, 0.25) is 11.8 Å². The summed E-state index contributed by atoms with van der Waals surface area (Å²) >= 11 is 0. The number of rotatable bonds is 5. The van der Waals surface area contributed by atoms with E-state index < -0.39 is 0 Å². The number of hydrogen-bond acceptors (Lipinski definition) is 3. The van der Waals surface area contributed by atoms with Crippen LogP contribution in [-0.2, 0) is 16.0 Å². The molecule has 1 N–H and O–H groups in total. The molecule has 0 spiro atoms. The largest absolute Gasteiger partial charge is 0.351 e. The molecular formula is C19H26N4O2. The first kappa shape index (κ1) is 17.5. The molecule has 2 aromatic rings. The Morgan fingerprint density at radius 3 is 2.88 bits per heavy atom. The van der Waals surface area contributed by atoms with Crippen molar-refractivity contribution in [2.45, 2.75) is 46.1 Å². The van der Waals surface area contributed by atoms with E-state index >= 15 is 0 Å². The number of likely N-dealkylation sites (tertiary alicyclic amines) is 1. The molecule has 1 aliphatic rings. The lowest BCUT2D eigenvalue weighted by Gasteiger charge is -2.26. The molecule has 1 saturated heterocycles. The molecule has 6 nitrogen and oxygen atoms in total. The lowest BCUT2D eigenvalue weighted by Crippen LogP contribution is -2.39. The fourth-order valence-corrected chi connectivity index (χ4v) is 3.24. The molecule has 0 radical (unpaired) electrons. The molecule has 134 valence electrons. The van der Waals surface area contributed by atoms with Crippen LogP contribution in [0.3, 0.4) is 0 Å². The Morgan fingerprint density at radius 2 is 2.16 bits per heavy atom. The molecular weight excluding hydrogens is 316 g/mol. The van der Waals surface area contributed by atoms with Gasteiger partial charge >= 0.3 is 0 Å². The van der Waals surface area contributed by atoms with Crippen LogP contribution < -0.4 is 5.32 Å². The average Bonchev–Trinajstić information content (AvgIpc) is 3.07. The molecule has 25 heavy (non-hydrogen) atoms. The van der Waals surface area contributed by atoms with Crippen molar-refractivity contribution in [3.63, 3.8) is 0 Å². The van der Waals surface area contributed by atoms with E-state index in [1.807, 2.05) is 39.9 Å². The Kier molecular flexibility index (Phi) is 4.79. The number of carbonyl (C=O) groups is 2. The number of amides is 2. The number of pyridine rings is 1. The molecule has 0 saturated carbocycles. The van der Waals surface area contributed by atoms with Crippen LogP contribution in [0.15, 0.2) is 30.6 Å². The molecule has 3 heterocycles. The van der Waals surface area contributed by atoms with Gasteiger partial charge in [-0.25, -0.2) is 4.98 Å². The van der Waals surface area contributed by atoms with Gasteiger partial charge in [0.15, 0.2) is 0 Å². The first-order valence-electron chi connectivity index (χ1n) is 8.80. The summed E-state index contributed by atoms with van der Waals surface area (Å²) in [4.78, 5) is 30.7. The van der Waals surface area contributed by atoms with Crippen molar-refractivity contribution < 1.29 is 9.59 Å². The number of aromatic nitrogens is 2. The van der Waals surface area contributed by atoms with Gasteiger partial charge in [-0.3, -0.25) is 9.59 Å². The summed E-state index contributed by atoms with van der Waals surface area (Å²) in [6.07, 6.45) is 5.27. The van der Waals surface area contributed by atoms with Crippen LogP contribution in [0.2, 0.25) is 0 Å². The number of nitrogens with zero attached hydrogens (tertiary/aromatic N) is 3. The molecule has 0 unspecified atom stereocenters. The zero-order chi connectivity index (χ0) is 18.0. The van der Waals surface area contributed by atoms with E-state index in [2.05, 4.69) is 31.1 Å². The minimum atomic E-state index is -0.0802. The zero-order valence-electron chi connectivity index (χ0n) is 15.2. The van der Waals surface area contributed by atoms with E-state index in [4.69, 9.17) is 0 Å². The van der Waals surface area contributed by atoms with E-state index in [-0.39, 0.29) is 23.3 Å². The maximum absolute atomic E-state index is 12.2. The first-order valence-corrected chi connectivity index (χ1v) is 8.80. The Bertz CT molecular complexity index is 742. The lowest BCUT2D eigenvalue weighted by molar-refractivity contribution is -0.128. The predicted octanol–water partition coefficient (Wildman–Crippen LogP) is 2.03. The van der Waals surface area contributed by atoms with Crippen LogP contribution in [0.25, 0.3) is 5.65 Å². The second-order valence-electron chi connectivity index (χ2n) is 8.00. The number of carbonyl (C=O) groups excluding carboxylic acids is 2. The van der Waals surface area contributed by atoms with Crippen molar-refractivity contribution in [1.82, 2.24) is 19.6 Å². The van der Waals surface area contributed by atoms with E-state index in [1.54, 1.807) is 0 Å². The smallest absolute Gasteiger partial charge is 0.224 e. The zero-order valence-corrected chi connectivity index (χ0v) is 15.2. The molecule has 1 atom stereocenters. The highest BCUT2D eigenvalue weighted by molar-refractivity contribution is 5.82. The third kappa shape index (κ3) is 4.59. The van der Waals surface area contributed by atoms with Crippen LogP contribution >= 0.6 is 0 Å². The third-order valence-corrected chi connectivity index (χ3v) is 4.27. The molecule has 6 heteroatoms. The Labute approximate surface area is 148 Å². The van der Waals surface area contributed by atoms with Crippen molar-refractivity contribution in [2.24, 2.45) is 5.41 Å². The Balaban J connectivity index is 1.49. The second-order valence-corrected chi connectivity index (χ2v) is 8.00.